The standard InChI is InChI=1S/C21H20N4O2/c1-14(26)15-6-4-7-16(12-15)24-21(27)19-10-5-11-25(19)20-17-8-2-3-9-18(17)22-13-23-20/h2-4,6-9,12-13,19H,5,10-11H2,1H3,(H,24,27)/t19-/m0/s1. The van der Waals surface area contributed by atoms with Crippen molar-refractivity contribution in [3.63, 3.8) is 0 Å². The van der Waals surface area contributed by atoms with Crippen LogP contribution in [0, 0.1) is 0 Å². The van der Waals surface area contributed by atoms with E-state index in [2.05, 4.69) is 15.3 Å². The van der Waals surface area contributed by atoms with Crippen molar-refractivity contribution in [2.45, 2.75) is 25.8 Å². The summed E-state index contributed by atoms with van der Waals surface area (Å²) < 4.78 is 0. The van der Waals surface area contributed by atoms with E-state index in [0.29, 0.717) is 11.3 Å². The molecule has 4 rings (SSSR count). The molecule has 1 N–H and O–H groups in total. The molecule has 1 saturated heterocycles. The number of carbonyl (C=O) groups excluding carboxylic acids is 2. The van der Waals surface area contributed by atoms with Crippen molar-refractivity contribution >= 4 is 34.1 Å². The lowest BCUT2D eigenvalue weighted by atomic mass is 10.1. The van der Waals surface area contributed by atoms with Crippen LogP contribution in [-0.4, -0.2) is 34.2 Å². The average Bonchev–Trinajstić information content (AvgIpc) is 3.17. The summed E-state index contributed by atoms with van der Waals surface area (Å²) in [5.41, 5.74) is 2.08. The Morgan fingerprint density at radius 3 is 2.81 bits per heavy atom. The van der Waals surface area contributed by atoms with E-state index < -0.39 is 0 Å². The van der Waals surface area contributed by atoms with E-state index in [4.69, 9.17) is 0 Å². The lowest BCUT2D eigenvalue weighted by Crippen LogP contribution is -2.40. The van der Waals surface area contributed by atoms with Gasteiger partial charge in [0.15, 0.2) is 5.78 Å². The van der Waals surface area contributed by atoms with E-state index in [1.165, 1.54) is 6.92 Å². The third kappa shape index (κ3) is 3.38. The molecule has 1 aromatic heterocycles. The number of rotatable bonds is 4. The second-order valence-electron chi connectivity index (χ2n) is 6.69. The molecule has 1 amide bonds. The van der Waals surface area contributed by atoms with Gasteiger partial charge in [-0.3, -0.25) is 9.59 Å². The number of Topliss-reactive ketones (excluding diaryl/α,β-unsaturated/α-hetero) is 1. The van der Waals surface area contributed by atoms with Crippen molar-refractivity contribution < 1.29 is 9.59 Å². The van der Waals surface area contributed by atoms with Crippen LogP contribution in [0.25, 0.3) is 10.9 Å². The molecule has 0 spiro atoms. The van der Waals surface area contributed by atoms with Crippen LogP contribution < -0.4 is 10.2 Å². The zero-order valence-electron chi connectivity index (χ0n) is 15.1. The first-order valence-electron chi connectivity index (χ1n) is 9.02. The molecule has 6 heteroatoms. The Labute approximate surface area is 157 Å². The predicted molar refractivity (Wildman–Crippen MR) is 105 cm³/mol. The topological polar surface area (TPSA) is 75.2 Å². The molecule has 3 aromatic rings. The van der Waals surface area contributed by atoms with Crippen LogP contribution in [0.2, 0.25) is 0 Å². The number of ketones is 1. The lowest BCUT2D eigenvalue weighted by Gasteiger charge is -2.25. The highest BCUT2D eigenvalue weighted by atomic mass is 16.2. The Morgan fingerprint density at radius 1 is 1.11 bits per heavy atom. The fourth-order valence-electron chi connectivity index (χ4n) is 3.55. The number of fused-ring (bicyclic) bond motifs is 1. The van der Waals surface area contributed by atoms with Crippen LogP contribution >= 0.6 is 0 Å². The molecule has 2 aromatic carbocycles. The van der Waals surface area contributed by atoms with E-state index in [9.17, 15) is 9.59 Å². The molecule has 1 atom stereocenters. The number of nitrogens with zero attached hydrogens (tertiary/aromatic N) is 3. The Bertz CT molecular complexity index is 1010. The van der Waals surface area contributed by atoms with E-state index in [1.807, 2.05) is 29.2 Å². The van der Waals surface area contributed by atoms with E-state index in [-0.39, 0.29) is 17.7 Å². The van der Waals surface area contributed by atoms with Crippen molar-refractivity contribution in [1.29, 1.82) is 0 Å². The minimum Gasteiger partial charge on any atom is -0.344 e. The van der Waals surface area contributed by atoms with Crippen molar-refractivity contribution in [3.05, 3.63) is 60.4 Å². The van der Waals surface area contributed by atoms with Gasteiger partial charge in [-0.15, -0.1) is 0 Å². The number of amides is 1. The second-order valence-corrected chi connectivity index (χ2v) is 6.69. The summed E-state index contributed by atoms with van der Waals surface area (Å²) in [5.74, 6) is 0.674. The van der Waals surface area contributed by atoms with Crippen LogP contribution in [-0.2, 0) is 4.79 Å². The van der Waals surface area contributed by atoms with Gasteiger partial charge in [0.2, 0.25) is 5.91 Å². The summed E-state index contributed by atoms with van der Waals surface area (Å²) in [6.45, 7) is 2.28. The smallest absolute Gasteiger partial charge is 0.247 e. The van der Waals surface area contributed by atoms with Gasteiger partial charge in [0.25, 0.3) is 0 Å². The number of aromatic nitrogens is 2. The predicted octanol–water partition coefficient (Wildman–Crippen LogP) is 3.44. The quantitative estimate of drug-likeness (QED) is 0.722. The van der Waals surface area contributed by atoms with Gasteiger partial charge < -0.3 is 10.2 Å². The molecular formula is C21H20N4O2. The van der Waals surface area contributed by atoms with Gasteiger partial charge in [-0.25, -0.2) is 9.97 Å². The van der Waals surface area contributed by atoms with Crippen LogP contribution in [0.4, 0.5) is 11.5 Å². The zero-order chi connectivity index (χ0) is 18.8. The minimum atomic E-state index is -0.302. The Hall–Kier alpha value is -3.28. The summed E-state index contributed by atoms with van der Waals surface area (Å²) in [6.07, 6.45) is 3.22. The summed E-state index contributed by atoms with van der Waals surface area (Å²) in [4.78, 5) is 35.3. The molecule has 2 heterocycles. The molecule has 0 bridgehead atoms. The maximum atomic E-state index is 12.9. The summed E-state index contributed by atoms with van der Waals surface area (Å²) in [6, 6.07) is 14.5. The lowest BCUT2D eigenvalue weighted by molar-refractivity contribution is -0.117. The van der Waals surface area contributed by atoms with Crippen molar-refractivity contribution in [3.8, 4) is 0 Å². The van der Waals surface area contributed by atoms with Gasteiger partial charge >= 0.3 is 0 Å². The molecule has 6 nitrogen and oxygen atoms in total. The molecule has 0 aliphatic carbocycles. The van der Waals surface area contributed by atoms with Crippen molar-refractivity contribution in [2.75, 3.05) is 16.8 Å². The molecule has 1 fully saturated rings. The molecule has 0 radical (unpaired) electrons. The third-order valence-electron chi connectivity index (χ3n) is 4.89. The highest BCUT2D eigenvalue weighted by Gasteiger charge is 2.32. The Balaban J connectivity index is 1.60. The highest BCUT2D eigenvalue weighted by molar-refractivity contribution is 6.01. The minimum absolute atomic E-state index is 0.0268. The molecule has 136 valence electrons. The molecule has 1 aliphatic heterocycles. The van der Waals surface area contributed by atoms with E-state index in [1.54, 1.807) is 30.6 Å². The number of benzene rings is 2. The number of para-hydroxylation sites is 1. The van der Waals surface area contributed by atoms with E-state index >= 15 is 0 Å². The van der Waals surface area contributed by atoms with Crippen molar-refractivity contribution in [1.82, 2.24) is 9.97 Å². The van der Waals surface area contributed by atoms with Gasteiger partial charge in [0.1, 0.15) is 18.2 Å². The average molecular weight is 360 g/mol. The normalized spacial score (nSPS) is 16.5. The van der Waals surface area contributed by atoms with Crippen LogP contribution in [0.3, 0.4) is 0 Å². The zero-order valence-corrected chi connectivity index (χ0v) is 15.1. The second kappa shape index (κ2) is 7.15. The largest absolute Gasteiger partial charge is 0.344 e. The van der Waals surface area contributed by atoms with Gasteiger partial charge in [0, 0.05) is 23.2 Å². The van der Waals surface area contributed by atoms with Gasteiger partial charge in [-0.1, -0.05) is 24.3 Å². The monoisotopic (exact) mass is 360 g/mol. The van der Waals surface area contributed by atoms with Crippen LogP contribution in [0.15, 0.2) is 54.9 Å². The maximum absolute atomic E-state index is 12.9. The molecule has 27 heavy (non-hydrogen) atoms. The van der Waals surface area contributed by atoms with Crippen LogP contribution in [0.5, 0.6) is 0 Å². The SMILES string of the molecule is CC(=O)c1cccc(NC(=O)[C@@H]2CCCN2c2ncnc3ccccc23)c1. The first-order chi connectivity index (χ1) is 13.1. The summed E-state index contributed by atoms with van der Waals surface area (Å²) in [7, 11) is 0. The Morgan fingerprint density at radius 2 is 1.96 bits per heavy atom. The van der Waals surface area contributed by atoms with E-state index in [0.717, 1.165) is 36.1 Å². The maximum Gasteiger partial charge on any atom is 0.247 e. The molecule has 0 unspecified atom stereocenters. The fourth-order valence-corrected chi connectivity index (χ4v) is 3.55. The third-order valence-corrected chi connectivity index (χ3v) is 4.89. The number of hydrogen-bond donors (Lipinski definition) is 1. The fraction of sp³-hybridized carbons (Fsp3) is 0.238. The first kappa shape index (κ1) is 17.1. The molecule has 0 saturated carbocycles. The number of anilines is 2. The first-order valence-corrected chi connectivity index (χ1v) is 9.02. The van der Waals surface area contributed by atoms with Crippen LogP contribution in [0.1, 0.15) is 30.1 Å². The van der Waals surface area contributed by atoms with Gasteiger partial charge in [-0.2, -0.15) is 0 Å². The Kier molecular flexibility index (Phi) is 4.54. The summed E-state index contributed by atoms with van der Waals surface area (Å²) >= 11 is 0. The summed E-state index contributed by atoms with van der Waals surface area (Å²) in [5, 5.41) is 3.89. The molecule has 1 aliphatic rings. The van der Waals surface area contributed by atoms with Gasteiger partial charge in [0.05, 0.1) is 5.52 Å². The van der Waals surface area contributed by atoms with Gasteiger partial charge in [-0.05, 0) is 44.0 Å². The highest BCUT2D eigenvalue weighted by Crippen LogP contribution is 2.30. The number of carbonyl (C=O) groups is 2. The molecular weight excluding hydrogens is 340 g/mol. The number of hydrogen-bond acceptors (Lipinski definition) is 5. The number of nitrogens with one attached hydrogen (secondary N) is 1. The van der Waals surface area contributed by atoms with Crippen molar-refractivity contribution in [2.24, 2.45) is 0 Å².